The zero-order chi connectivity index (χ0) is 8.97. The van der Waals surface area contributed by atoms with Gasteiger partial charge in [0.1, 0.15) is 4.32 Å². The zero-order valence-corrected chi connectivity index (χ0v) is 9.30. The fraction of sp³-hybridized carbons (Fsp3) is 0.875. The van der Waals surface area contributed by atoms with Crippen molar-refractivity contribution >= 4 is 28.3 Å². The van der Waals surface area contributed by atoms with Gasteiger partial charge in [-0.3, -0.25) is 0 Å². The predicted octanol–water partition coefficient (Wildman–Crippen LogP) is 1.32. The maximum atomic E-state index is 5.29. The average molecular weight is 204 g/mol. The van der Waals surface area contributed by atoms with E-state index in [2.05, 4.69) is 24.1 Å². The van der Waals surface area contributed by atoms with Crippen LogP contribution in [0, 0.1) is 0 Å². The molecule has 70 valence electrons. The number of nitrogens with zero attached hydrogens (tertiary/aromatic N) is 1. The number of thioether (sulfide) groups is 1. The summed E-state index contributed by atoms with van der Waals surface area (Å²) in [6.45, 7) is 7.53. The van der Waals surface area contributed by atoms with Crippen LogP contribution in [0.2, 0.25) is 0 Å². The molecule has 1 aliphatic rings. The number of hydrogen-bond acceptors (Lipinski definition) is 3. The zero-order valence-electron chi connectivity index (χ0n) is 7.67. The molecule has 1 N–H and O–H groups in total. The molecule has 0 radical (unpaired) electrons. The molecule has 0 spiro atoms. The summed E-state index contributed by atoms with van der Waals surface area (Å²) < 4.78 is 1.06. The summed E-state index contributed by atoms with van der Waals surface area (Å²) in [5, 5.41) is 3.40. The van der Waals surface area contributed by atoms with Crippen LogP contribution >= 0.6 is 24.0 Å². The number of nitrogens with one attached hydrogen (secondary N) is 1. The first kappa shape index (κ1) is 10.3. The van der Waals surface area contributed by atoms with Crippen molar-refractivity contribution in [2.45, 2.75) is 19.9 Å². The molecule has 0 amide bonds. The normalized spacial score (nSPS) is 24.2. The van der Waals surface area contributed by atoms with E-state index in [1.54, 1.807) is 11.8 Å². The second kappa shape index (κ2) is 5.04. The Labute approximate surface area is 84.1 Å². The van der Waals surface area contributed by atoms with Crippen molar-refractivity contribution in [2.24, 2.45) is 0 Å². The van der Waals surface area contributed by atoms with Gasteiger partial charge in [-0.15, -0.1) is 0 Å². The lowest BCUT2D eigenvalue weighted by atomic mass is 10.2. The molecule has 1 rings (SSSR count). The second-order valence-corrected chi connectivity index (χ2v) is 4.90. The molecule has 1 heterocycles. The SMILES string of the molecule is CCSC(=S)N1CCNC(C)C1. The molecule has 1 atom stereocenters. The van der Waals surface area contributed by atoms with Crippen molar-refractivity contribution in [1.29, 1.82) is 0 Å². The van der Waals surface area contributed by atoms with Crippen LogP contribution < -0.4 is 5.32 Å². The number of piperazine rings is 1. The number of thiocarbonyl (C=S) groups is 1. The standard InChI is InChI=1S/C8H16N2S2/c1-3-12-8(11)10-5-4-9-7(2)6-10/h7,9H,3-6H2,1-2H3. The minimum atomic E-state index is 0.578. The maximum absolute atomic E-state index is 5.29. The van der Waals surface area contributed by atoms with Crippen molar-refractivity contribution < 1.29 is 0 Å². The van der Waals surface area contributed by atoms with Gasteiger partial charge in [-0.1, -0.05) is 30.9 Å². The first-order valence-electron chi connectivity index (χ1n) is 4.39. The molecule has 1 fully saturated rings. The van der Waals surface area contributed by atoms with Crippen LogP contribution in [0.4, 0.5) is 0 Å². The van der Waals surface area contributed by atoms with E-state index < -0.39 is 0 Å². The van der Waals surface area contributed by atoms with Crippen molar-refractivity contribution in [3.63, 3.8) is 0 Å². The topological polar surface area (TPSA) is 15.3 Å². The molecule has 0 aromatic carbocycles. The lowest BCUT2D eigenvalue weighted by Crippen LogP contribution is -2.50. The quantitative estimate of drug-likeness (QED) is 0.648. The Kier molecular flexibility index (Phi) is 4.32. The van der Waals surface area contributed by atoms with Gasteiger partial charge in [0.2, 0.25) is 0 Å². The molecule has 0 aromatic heterocycles. The van der Waals surface area contributed by atoms with Crippen LogP contribution in [0.5, 0.6) is 0 Å². The molecule has 1 saturated heterocycles. The smallest absolute Gasteiger partial charge is 0.136 e. The Hall–Kier alpha value is 0.200. The van der Waals surface area contributed by atoms with E-state index in [-0.39, 0.29) is 0 Å². The van der Waals surface area contributed by atoms with Gasteiger partial charge in [0.15, 0.2) is 0 Å². The molecular weight excluding hydrogens is 188 g/mol. The highest BCUT2D eigenvalue weighted by Crippen LogP contribution is 2.10. The first-order chi connectivity index (χ1) is 5.74. The number of rotatable bonds is 1. The van der Waals surface area contributed by atoms with Gasteiger partial charge < -0.3 is 10.2 Å². The molecule has 1 aliphatic heterocycles. The highest BCUT2D eigenvalue weighted by atomic mass is 32.2. The third-order valence-electron chi connectivity index (χ3n) is 1.89. The van der Waals surface area contributed by atoms with Gasteiger partial charge in [0, 0.05) is 25.7 Å². The number of hydrogen-bond donors (Lipinski definition) is 1. The highest BCUT2D eigenvalue weighted by molar-refractivity contribution is 8.22. The van der Waals surface area contributed by atoms with Gasteiger partial charge in [-0.25, -0.2) is 0 Å². The highest BCUT2D eigenvalue weighted by Gasteiger charge is 2.17. The minimum absolute atomic E-state index is 0.578. The van der Waals surface area contributed by atoms with Gasteiger partial charge >= 0.3 is 0 Å². The van der Waals surface area contributed by atoms with Crippen LogP contribution in [-0.4, -0.2) is 40.6 Å². The van der Waals surface area contributed by atoms with E-state index in [1.807, 2.05) is 0 Å². The van der Waals surface area contributed by atoms with E-state index in [0.717, 1.165) is 29.7 Å². The van der Waals surface area contributed by atoms with E-state index in [1.165, 1.54) is 0 Å². The molecule has 1 unspecified atom stereocenters. The fourth-order valence-electron chi connectivity index (χ4n) is 1.31. The molecule has 0 bridgehead atoms. The van der Waals surface area contributed by atoms with Crippen molar-refractivity contribution in [2.75, 3.05) is 25.4 Å². The summed E-state index contributed by atoms with van der Waals surface area (Å²) in [6, 6.07) is 0.578. The van der Waals surface area contributed by atoms with Gasteiger partial charge in [-0.2, -0.15) is 0 Å². The third kappa shape index (κ3) is 2.92. The summed E-state index contributed by atoms with van der Waals surface area (Å²) in [6.07, 6.45) is 0. The second-order valence-electron chi connectivity index (χ2n) is 3.00. The molecule has 0 saturated carbocycles. The lowest BCUT2D eigenvalue weighted by molar-refractivity contribution is 0.311. The van der Waals surface area contributed by atoms with E-state index in [0.29, 0.717) is 6.04 Å². The summed E-state index contributed by atoms with van der Waals surface area (Å²) in [4.78, 5) is 2.30. The Morgan fingerprint density at radius 3 is 3.08 bits per heavy atom. The summed E-state index contributed by atoms with van der Waals surface area (Å²) in [5.41, 5.74) is 0. The molecule has 12 heavy (non-hydrogen) atoms. The van der Waals surface area contributed by atoms with Crippen molar-refractivity contribution in [3.8, 4) is 0 Å². The van der Waals surface area contributed by atoms with E-state index >= 15 is 0 Å². The summed E-state index contributed by atoms with van der Waals surface area (Å²) >= 11 is 7.06. The Balaban J connectivity index is 2.35. The molecule has 0 aliphatic carbocycles. The summed E-state index contributed by atoms with van der Waals surface area (Å²) in [7, 11) is 0. The molecule has 4 heteroatoms. The Morgan fingerprint density at radius 2 is 2.50 bits per heavy atom. The van der Waals surface area contributed by atoms with Crippen LogP contribution in [0.1, 0.15) is 13.8 Å². The largest absolute Gasteiger partial charge is 0.355 e. The van der Waals surface area contributed by atoms with Crippen LogP contribution in [0.25, 0.3) is 0 Å². The monoisotopic (exact) mass is 204 g/mol. The van der Waals surface area contributed by atoms with Gasteiger partial charge in [0.25, 0.3) is 0 Å². The Morgan fingerprint density at radius 1 is 1.75 bits per heavy atom. The van der Waals surface area contributed by atoms with Crippen molar-refractivity contribution in [3.05, 3.63) is 0 Å². The average Bonchev–Trinajstić information content (AvgIpc) is 2.05. The molecular formula is C8H16N2S2. The van der Waals surface area contributed by atoms with Gasteiger partial charge in [-0.05, 0) is 12.7 Å². The predicted molar refractivity (Wildman–Crippen MR) is 59.8 cm³/mol. The molecule has 0 aromatic rings. The van der Waals surface area contributed by atoms with Crippen LogP contribution in [0.3, 0.4) is 0 Å². The van der Waals surface area contributed by atoms with Crippen molar-refractivity contribution in [1.82, 2.24) is 10.2 Å². The third-order valence-corrected chi connectivity index (χ3v) is 3.30. The molecule has 2 nitrogen and oxygen atoms in total. The van der Waals surface area contributed by atoms with E-state index in [4.69, 9.17) is 12.2 Å². The lowest BCUT2D eigenvalue weighted by Gasteiger charge is -2.33. The first-order valence-corrected chi connectivity index (χ1v) is 5.78. The van der Waals surface area contributed by atoms with E-state index in [9.17, 15) is 0 Å². The van der Waals surface area contributed by atoms with Crippen LogP contribution in [-0.2, 0) is 0 Å². The fourth-order valence-corrected chi connectivity index (χ4v) is 2.43. The maximum Gasteiger partial charge on any atom is 0.136 e. The van der Waals surface area contributed by atoms with Crippen LogP contribution in [0.15, 0.2) is 0 Å². The minimum Gasteiger partial charge on any atom is -0.355 e. The Bertz CT molecular complexity index is 161. The van der Waals surface area contributed by atoms with Gasteiger partial charge in [0.05, 0.1) is 0 Å². The summed E-state index contributed by atoms with van der Waals surface area (Å²) in [5.74, 6) is 1.08.